The van der Waals surface area contributed by atoms with E-state index >= 15 is 0 Å². The normalized spacial score (nSPS) is 11.8. The fourth-order valence-corrected chi connectivity index (χ4v) is 5.48. The standard InChI is InChI=1S/C24H18N2O7S2/c1-12-3-10-17(33-12)21(28)19-20(13-4-6-14(27)7-5-13)26(23(30)22(19)29)24-25-16-9-8-15(35(2,31)32)11-18(16)34-24/h3-11,27,29-30H,1-2H3. The SMILES string of the molecule is Cc1ccc(C(=O)c2c(O)c(O)n(-c3nc4ccc(S(C)(=O)=O)cc4s3)c2-c2ccc(O)cc2)o1. The molecule has 0 atom stereocenters. The predicted molar refractivity (Wildman–Crippen MR) is 129 cm³/mol. The fraction of sp³-hybridized carbons (Fsp3) is 0.0833. The molecule has 3 N–H and O–H groups in total. The van der Waals surface area contributed by atoms with Gasteiger partial charge in [0.1, 0.15) is 11.5 Å². The second-order valence-corrected chi connectivity index (χ2v) is 10.9. The summed E-state index contributed by atoms with van der Waals surface area (Å²) in [5, 5.41) is 31.7. The van der Waals surface area contributed by atoms with Gasteiger partial charge < -0.3 is 19.7 Å². The minimum absolute atomic E-state index is 0.0110. The molecule has 11 heteroatoms. The molecule has 0 spiro atoms. The van der Waals surface area contributed by atoms with Crippen LogP contribution in [-0.2, 0) is 9.84 Å². The summed E-state index contributed by atoms with van der Waals surface area (Å²) in [5.74, 6) is -1.49. The summed E-state index contributed by atoms with van der Waals surface area (Å²) in [5.41, 5.74) is 0.789. The Morgan fingerprint density at radius 2 is 1.74 bits per heavy atom. The smallest absolute Gasteiger partial charge is 0.242 e. The summed E-state index contributed by atoms with van der Waals surface area (Å²) in [6, 6.07) is 13.4. The first-order valence-corrected chi connectivity index (χ1v) is 12.9. The van der Waals surface area contributed by atoms with Crippen LogP contribution < -0.4 is 0 Å². The zero-order valence-electron chi connectivity index (χ0n) is 18.4. The van der Waals surface area contributed by atoms with E-state index in [0.717, 1.165) is 17.6 Å². The van der Waals surface area contributed by atoms with E-state index in [1.54, 1.807) is 19.1 Å². The number of furan rings is 1. The Bertz CT molecular complexity index is 1730. The number of hydrogen-bond donors (Lipinski definition) is 3. The van der Waals surface area contributed by atoms with Crippen LogP contribution in [0.15, 0.2) is 63.9 Å². The molecule has 0 fully saturated rings. The van der Waals surface area contributed by atoms with E-state index in [1.165, 1.54) is 47.0 Å². The number of carbonyl (C=O) groups is 1. The number of aromatic nitrogens is 2. The highest BCUT2D eigenvalue weighted by atomic mass is 32.2. The summed E-state index contributed by atoms with van der Waals surface area (Å²) in [6.07, 6.45) is 1.10. The lowest BCUT2D eigenvalue weighted by Crippen LogP contribution is -2.04. The summed E-state index contributed by atoms with van der Waals surface area (Å²) in [4.78, 5) is 18.0. The third-order valence-electron chi connectivity index (χ3n) is 5.42. The molecule has 0 radical (unpaired) electrons. The Morgan fingerprint density at radius 1 is 1.03 bits per heavy atom. The summed E-state index contributed by atoms with van der Waals surface area (Å²) < 4.78 is 31.1. The molecular formula is C24H18N2O7S2. The molecule has 178 valence electrons. The number of phenols is 1. The number of aromatic hydroxyl groups is 3. The van der Waals surface area contributed by atoms with Crippen molar-refractivity contribution in [1.82, 2.24) is 9.55 Å². The Kier molecular flexibility index (Phi) is 5.18. The zero-order chi connectivity index (χ0) is 25.1. The zero-order valence-corrected chi connectivity index (χ0v) is 20.0. The molecule has 0 aliphatic carbocycles. The number of sulfone groups is 1. The van der Waals surface area contributed by atoms with E-state index in [-0.39, 0.29) is 32.8 Å². The van der Waals surface area contributed by atoms with Gasteiger partial charge in [-0.05, 0) is 67.1 Å². The Morgan fingerprint density at radius 3 is 2.37 bits per heavy atom. The van der Waals surface area contributed by atoms with Crippen LogP contribution >= 0.6 is 11.3 Å². The minimum Gasteiger partial charge on any atom is -0.508 e. The van der Waals surface area contributed by atoms with Crippen LogP contribution in [0.3, 0.4) is 0 Å². The minimum atomic E-state index is -3.45. The van der Waals surface area contributed by atoms with E-state index in [0.29, 0.717) is 21.5 Å². The van der Waals surface area contributed by atoms with Crippen LogP contribution in [0.5, 0.6) is 17.4 Å². The van der Waals surface area contributed by atoms with Gasteiger partial charge in [-0.25, -0.2) is 13.4 Å². The first kappa shape index (κ1) is 22.7. The fourth-order valence-electron chi connectivity index (χ4n) is 3.74. The van der Waals surface area contributed by atoms with Crippen LogP contribution in [0.4, 0.5) is 0 Å². The van der Waals surface area contributed by atoms with E-state index < -0.39 is 27.2 Å². The van der Waals surface area contributed by atoms with E-state index in [9.17, 15) is 28.5 Å². The topological polar surface area (TPSA) is 143 Å². The van der Waals surface area contributed by atoms with Crippen molar-refractivity contribution in [2.24, 2.45) is 0 Å². The van der Waals surface area contributed by atoms with Gasteiger partial charge in [0.2, 0.25) is 11.7 Å². The second kappa shape index (κ2) is 8.00. The number of rotatable bonds is 5. The Hall–Kier alpha value is -4.09. The van der Waals surface area contributed by atoms with Crippen molar-refractivity contribution < 1.29 is 32.9 Å². The van der Waals surface area contributed by atoms with E-state index in [4.69, 9.17) is 4.42 Å². The molecule has 0 aliphatic heterocycles. The van der Waals surface area contributed by atoms with Crippen molar-refractivity contribution in [2.75, 3.05) is 6.26 Å². The van der Waals surface area contributed by atoms with Crippen LogP contribution in [0.2, 0.25) is 0 Å². The largest absolute Gasteiger partial charge is 0.508 e. The number of fused-ring (bicyclic) bond motifs is 1. The lowest BCUT2D eigenvalue weighted by molar-refractivity contribution is 0.101. The summed E-state index contributed by atoms with van der Waals surface area (Å²) in [6.45, 7) is 1.67. The third-order valence-corrected chi connectivity index (χ3v) is 7.53. The molecule has 0 unspecified atom stereocenters. The third kappa shape index (κ3) is 3.84. The average molecular weight is 511 g/mol. The molecule has 5 aromatic rings. The average Bonchev–Trinajstić information content (AvgIpc) is 3.49. The summed E-state index contributed by atoms with van der Waals surface area (Å²) in [7, 11) is -3.45. The van der Waals surface area contributed by atoms with Gasteiger partial charge in [0, 0.05) is 6.26 Å². The maximum absolute atomic E-state index is 13.4. The number of hydrogen-bond acceptors (Lipinski definition) is 9. The molecule has 0 bridgehead atoms. The van der Waals surface area contributed by atoms with Gasteiger partial charge in [-0.3, -0.25) is 9.36 Å². The van der Waals surface area contributed by atoms with Crippen LogP contribution in [0.25, 0.3) is 26.6 Å². The maximum atomic E-state index is 13.4. The maximum Gasteiger partial charge on any atom is 0.242 e. The number of thiazole rings is 1. The molecule has 3 heterocycles. The van der Waals surface area contributed by atoms with Crippen molar-refractivity contribution in [3.63, 3.8) is 0 Å². The number of carbonyl (C=O) groups excluding carboxylic acids is 1. The van der Waals surface area contributed by atoms with Gasteiger partial charge in [-0.2, -0.15) is 0 Å². The highest BCUT2D eigenvalue weighted by molar-refractivity contribution is 7.90. The van der Waals surface area contributed by atoms with Crippen molar-refractivity contribution in [3.05, 3.63) is 71.7 Å². The molecule has 0 saturated heterocycles. The van der Waals surface area contributed by atoms with Crippen molar-refractivity contribution in [2.45, 2.75) is 11.8 Å². The van der Waals surface area contributed by atoms with Gasteiger partial charge in [0.25, 0.3) is 0 Å². The van der Waals surface area contributed by atoms with Crippen molar-refractivity contribution in [3.8, 4) is 33.8 Å². The predicted octanol–water partition coefficient (Wildman–Crippen LogP) is 4.41. The molecule has 0 aliphatic rings. The number of phenolic OH excluding ortho intramolecular Hbond substituents is 1. The molecular weight excluding hydrogens is 492 g/mol. The van der Waals surface area contributed by atoms with Gasteiger partial charge in [0.15, 0.2) is 26.5 Å². The monoisotopic (exact) mass is 510 g/mol. The number of nitrogens with zero attached hydrogens (tertiary/aromatic N) is 2. The molecule has 0 amide bonds. The number of aryl methyl sites for hydroxylation is 1. The Balaban J connectivity index is 1.79. The number of benzene rings is 2. The van der Waals surface area contributed by atoms with E-state index in [2.05, 4.69) is 4.98 Å². The number of ketones is 1. The first-order valence-electron chi connectivity index (χ1n) is 10.2. The lowest BCUT2D eigenvalue weighted by atomic mass is 10.0. The molecule has 2 aromatic carbocycles. The van der Waals surface area contributed by atoms with Crippen LogP contribution in [0.1, 0.15) is 21.9 Å². The van der Waals surface area contributed by atoms with Crippen LogP contribution in [0, 0.1) is 6.92 Å². The lowest BCUT2D eigenvalue weighted by Gasteiger charge is -2.09. The molecule has 35 heavy (non-hydrogen) atoms. The molecule has 0 saturated carbocycles. The molecule has 5 rings (SSSR count). The van der Waals surface area contributed by atoms with Gasteiger partial charge in [0.05, 0.1) is 26.4 Å². The quantitative estimate of drug-likeness (QED) is 0.295. The van der Waals surface area contributed by atoms with Gasteiger partial charge in [-0.1, -0.05) is 11.3 Å². The Labute approximate surface area is 203 Å². The highest BCUT2D eigenvalue weighted by Gasteiger charge is 2.32. The molecule has 9 nitrogen and oxygen atoms in total. The first-order chi connectivity index (χ1) is 16.5. The van der Waals surface area contributed by atoms with E-state index in [1.807, 2.05) is 0 Å². The molecule has 3 aromatic heterocycles. The highest BCUT2D eigenvalue weighted by Crippen LogP contribution is 2.45. The summed E-state index contributed by atoms with van der Waals surface area (Å²) >= 11 is 1.07. The van der Waals surface area contributed by atoms with Crippen LogP contribution in [-0.4, -0.2) is 45.3 Å². The second-order valence-electron chi connectivity index (χ2n) is 7.92. The van der Waals surface area contributed by atoms with Crippen molar-refractivity contribution in [1.29, 1.82) is 0 Å². The van der Waals surface area contributed by atoms with Gasteiger partial charge in [-0.15, -0.1) is 0 Å². The van der Waals surface area contributed by atoms with Gasteiger partial charge >= 0.3 is 0 Å². The van der Waals surface area contributed by atoms with Crippen molar-refractivity contribution >= 4 is 37.2 Å².